The van der Waals surface area contributed by atoms with Crippen LogP contribution in [-0.4, -0.2) is 56.2 Å². The highest BCUT2D eigenvalue weighted by atomic mass is 16.5. The number of hydrogen-bond donors (Lipinski definition) is 2. The number of rotatable bonds is 6. The number of carbonyl (C=O) groups excluding carboxylic acids is 1. The molecule has 2 rings (SSSR count). The Hall–Kier alpha value is -0.650. The molecule has 0 unspecified atom stereocenters. The quantitative estimate of drug-likeness (QED) is 0.754. The van der Waals surface area contributed by atoms with Gasteiger partial charge in [0.15, 0.2) is 0 Å². The fourth-order valence-corrected chi connectivity index (χ4v) is 3.08. The molecule has 2 fully saturated rings. The normalized spacial score (nSPS) is 28.2. The molecule has 5 heteroatoms. The van der Waals surface area contributed by atoms with Crippen molar-refractivity contribution in [2.75, 3.05) is 39.4 Å². The summed E-state index contributed by atoms with van der Waals surface area (Å²) in [5.74, 6) is 0.910. The second kappa shape index (κ2) is 8.60. The Balaban J connectivity index is 1.49. The zero-order valence-electron chi connectivity index (χ0n) is 12.5. The highest BCUT2D eigenvalue weighted by molar-refractivity contribution is 5.75. The molecule has 20 heavy (non-hydrogen) atoms. The molecule has 0 aromatic carbocycles. The van der Waals surface area contributed by atoms with Gasteiger partial charge in [-0.25, -0.2) is 0 Å². The van der Waals surface area contributed by atoms with Crippen LogP contribution in [0.25, 0.3) is 0 Å². The van der Waals surface area contributed by atoms with Gasteiger partial charge in [0, 0.05) is 38.6 Å². The Morgan fingerprint density at radius 3 is 2.60 bits per heavy atom. The number of morpholine rings is 1. The van der Waals surface area contributed by atoms with Gasteiger partial charge < -0.3 is 15.8 Å². The molecule has 116 valence electrons. The average molecular weight is 283 g/mol. The van der Waals surface area contributed by atoms with Crippen molar-refractivity contribution in [3.05, 3.63) is 0 Å². The van der Waals surface area contributed by atoms with Crippen LogP contribution in [0.2, 0.25) is 0 Å². The van der Waals surface area contributed by atoms with Gasteiger partial charge in [0.25, 0.3) is 0 Å². The number of nitrogens with two attached hydrogens (primary N) is 1. The maximum Gasteiger partial charge on any atom is 0.220 e. The first kappa shape index (κ1) is 15.7. The van der Waals surface area contributed by atoms with Crippen LogP contribution >= 0.6 is 0 Å². The molecule has 2 aliphatic rings. The standard InChI is InChI=1S/C15H29N3O2/c16-14-4-1-13(2-5-14)3-6-15(19)17-7-8-18-9-11-20-12-10-18/h13-14H,1-12,16H2,(H,17,19). The van der Waals surface area contributed by atoms with Crippen LogP contribution in [0.15, 0.2) is 0 Å². The van der Waals surface area contributed by atoms with Crippen molar-refractivity contribution in [1.82, 2.24) is 10.2 Å². The first-order chi connectivity index (χ1) is 9.74. The Morgan fingerprint density at radius 1 is 1.20 bits per heavy atom. The van der Waals surface area contributed by atoms with Gasteiger partial charge in [-0.3, -0.25) is 9.69 Å². The second-order valence-corrected chi connectivity index (χ2v) is 6.12. The second-order valence-electron chi connectivity index (χ2n) is 6.12. The molecule has 3 N–H and O–H groups in total. The Kier molecular flexibility index (Phi) is 6.76. The fraction of sp³-hybridized carbons (Fsp3) is 0.933. The van der Waals surface area contributed by atoms with Gasteiger partial charge in [-0.05, 0) is 38.0 Å². The molecule has 0 radical (unpaired) electrons. The van der Waals surface area contributed by atoms with Crippen LogP contribution in [0, 0.1) is 5.92 Å². The lowest BCUT2D eigenvalue weighted by atomic mass is 9.84. The van der Waals surface area contributed by atoms with Gasteiger partial charge >= 0.3 is 0 Å². The lowest BCUT2D eigenvalue weighted by Gasteiger charge is -2.27. The van der Waals surface area contributed by atoms with E-state index in [0.717, 1.165) is 58.7 Å². The summed E-state index contributed by atoms with van der Waals surface area (Å²) < 4.78 is 5.30. The van der Waals surface area contributed by atoms with E-state index < -0.39 is 0 Å². The van der Waals surface area contributed by atoms with Crippen LogP contribution in [0.1, 0.15) is 38.5 Å². The molecule has 0 spiro atoms. The van der Waals surface area contributed by atoms with E-state index in [-0.39, 0.29) is 5.91 Å². The molecule has 1 saturated carbocycles. The van der Waals surface area contributed by atoms with Crippen molar-refractivity contribution in [2.45, 2.75) is 44.6 Å². The van der Waals surface area contributed by atoms with Crippen LogP contribution in [0.4, 0.5) is 0 Å². The van der Waals surface area contributed by atoms with Gasteiger partial charge in [-0.15, -0.1) is 0 Å². The molecule has 1 heterocycles. The lowest BCUT2D eigenvalue weighted by molar-refractivity contribution is -0.121. The Labute approximate surface area is 122 Å². The summed E-state index contributed by atoms with van der Waals surface area (Å²) in [6.45, 7) is 5.30. The first-order valence-corrected chi connectivity index (χ1v) is 8.06. The molecule has 0 atom stereocenters. The van der Waals surface area contributed by atoms with Gasteiger partial charge in [0.1, 0.15) is 0 Å². The molecular weight excluding hydrogens is 254 g/mol. The molecule has 0 bridgehead atoms. The minimum absolute atomic E-state index is 0.202. The van der Waals surface area contributed by atoms with Crippen molar-refractivity contribution >= 4 is 5.91 Å². The molecule has 5 nitrogen and oxygen atoms in total. The van der Waals surface area contributed by atoms with Crippen molar-refractivity contribution in [1.29, 1.82) is 0 Å². The highest BCUT2D eigenvalue weighted by Gasteiger charge is 2.19. The van der Waals surface area contributed by atoms with Gasteiger partial charge in [-0.2, -0.15) is 0 Å². The van der Waals surface area contributed by atoms with Crippen LogP contribution in [0.5, 0.6) is 0 Å². The molecule has 1 aliphatic carbocycles. The van der Waals surface area contributed by atoms with Gasteiger partial charge in [-0.1, -0.05) is 0 Å². The SMILES string of the molecule is NC1CCC(CCC(=O)NCCN2CCOCC2)CC1. The minimum Gasteiger partial charge on any atom is -0.379 e. The number of nitrogens with one attached hydrogen (secondary N) is 1. The van der Waals surface area contributed by atoms with E-state index in [2.05, 4.69) is 10.2 Å². The predicted octanol–water partition coefficient (Wildman–Crippen LogP) is 0.733. The fourth-order valence-electron chi connectivity index (χ4n) is 3.08. The maximum absolute atomic E-state index is 11.8. The smallest absolute Gasteiger partial charge is 0.220 e. The average Bonchev–Trinajstić information content (AvgIpc) is 2.48. The van der Waals surface area contributed by atoms with Crippen molar-refractivity contribution < 1.29 is 9.53 Å². The van der Waals surface area contributed by atoms with E-state index in [9.17, 15) is 4.79 Å². The third kappa shape index (κ3) is 5.77. The summed E-state index contributed by atoms with van der Waals surface area (Å²) in [5.41, 5.74) is 5.90. The molecule has 1 aliphatic heterocycles. The number of nitrogens with zero attached hydrogens (tertiary/aromatic N) is 1. The number of ether oxygens (including phenoxy) is 1. The minimum atomic E-state index is 0.202. The van der Waals surface area contributed by atoms with Crippen LogP contribution < -0.4 is 11.1 Å². The monoisotopic (exact) mass is 283 g/mol. The molecule has 0 aromatic heterocycles. The molecule has 0 aromatic rings. The van der Waals surface area contributed by atoms with Crippen molar-refractivity contribution in [3.8, 4) is 0 Å². The summed E-state index contributed by atoms with van der Waals surface area (Å²) >= 11 is 0. The zero-order chi connectivity index (χ0) is 14.2. The maximum atomic E-state index is 11.8. The molecule has 1 saturated heterocycles. The van der Waals surface area contributed by atoms with E-state index in [1.807, 2.05) is 0 Å². The molecular formula is C15H29N3O2. The van der Waals surface area contributed by atoms with E-state index >= 15 is 0 Å². The summed E-state index contributed by atoms with van der Waals surface area (Å²) in [7, 11) is 0. The number of hydrogen-bond acceptors (Lipinski definition) is 4. The van der Waals surface area contributed by atoms with Crippen molar-refractivity contribution in [2.24, 2.45) is 11.7 Å². The predicted molar refractivity (Wildman–Crippen MR) is 79.4 cm³/mol. The third-order valence-corrected chi connectivity index (χ3v) is 4.52. The first-order valence-electron chi connectivity index (χ1n) is 8.06. The van der Waals surface area contributed by atoms with E-state index in [1.54, 1.807) is 0 Å². The lowest BCUT2D eigenvalue weighted by Crippen LogP contribution is -2.41. The van der Waals surface area contributed by atoms with Gasteiger partial charge in [0.2, 0.25) is 5.91 Å². The Morgan fingerprint density at radius 2 is 1.90 bits per heavy atom. The number of amides is 1. The van der Waals surface area contributed by atoms with Crippen LogP contribution in [-0.2, 0) is 9.53 Å². The van der Waals surface area contributed by atoms with E-state index in [4.69, 9.17) is 10.5 Å². The van der Waals surface area contributed by atoms with E-state index in [0.29, 0.717) is 18.4 Å². The highest BCUT2D eigenvalue weighted by Crippen LogP contribution is 2.26. The zero-order valence-corrected chi connectivity index (χ0v) is 12.5. The van der Waals surface area contributed by atoms with Crippen molar-refractivity contribution in [3.63, 3.8) is 0 Å². The third-order valence-electron chi connectivity index (χ3n) is 4.52. The number of carbonyl (C=O) groups is 1. The Bertz CT molecular complexity index is 285. The largest absolute Gasteiger partial charge is 0.379 e. The summed E-state index contributed by atoms with van der Waals surface area (Å²) in [6.07, 6.45) is 6.34. The van der Waals surface area contributed by atoms with E-state index in [1.165, 1.54) is 12.8 Å². The summed E-state index contributed by atoms with van der Waals surface area (Å²) in [5, 5.41) is 3.03. The van der Waals surface area contributed by atoms with Gasteiger partial charge in [0.05, 0.1) is 13.2 Å². The van der Waals surface area contributed by atoms with Crippen LogP contribution in [0.3, 0.4) is 0 Å². The summed E-state index contributed by atoms with van der Waals surface area (Å²) in [6, 6.07) is 0.397. The molecule has 1 amide bonds. The summed E-state index contributed by atoms with van der Waals surface area (Å²) in [4.78, 5) is 14.2. The topological polar surface area (TPSA) is 67.6 Å².